The number of ether oxygens (including phenoxy) is 3. The molecule has 4 heterocycles. The maximum Gasteiger partial charge on any atom is 0.421 e. The highest BCUT2D eigenvalue weighted by atomic mass is 16.6. The number of fused-ring (bicyclic) bond motifs is 2. The highest BCUT2D eigenvalue weighted by molar-refractivity contribution is 5.93. The molecule has 0 radical (unpaired) electrons. The van der Waals surface area contributed by atoms with Crippen LogP contribution in [0.4, 0.5) is 10.5 Å². The molecule has 1 amide bonds. The Bertz CT molecular complexity index is 705. The largest absolute Gasteiger partial charge is 0.497 e. The molecule has 3 saturated heterocycles. The number of carbonyl (C=O) groups is 1. The molecule has 0 saturated carbocycles. The summed E-state index contributed by atoms with van der Waals surface area (Å²) in [6, 6.07) is 5.21. The van der Waals surface area contributed by atoms with Gasteiger partial charge in [0.05, 0.1) is 19.9 Å². The fraction of sp³-hybridized carbons (Fsp3) is 0.500. The predicted molar refractivity (Wildman–Crippen MR) is 92.7 cm³/mol. The molecule has 0 aliphatic carbocycles. The molecular weight excluding hydrogens is 322 g/mol. The van der Waals surface area contributed by atoms with Crippen molar-refractivity contribution >= 4 is 11.8 Å². The average Bonchev–Trinajstić information content (AvgIpc) is 2.61. The fourth-order valence-electron chi connectivity index (χ4n) is 4.17. The first-order valence-electron chi connectivity index (χ1n) is 8.51. The van der Waals surface area contributed by atoms with Crippen molar-refractivity contribution in [3.05, 3.63) is 30.1 Å². The van der Waals surface area contributed by atoms with Gasteiger partial charge in [-0.3, -0.25) is 4.90 Å². The van der Waals surface area contributed by atoms with Gasteiger partial charge in [-0.2, -0.15) is 0 Å². The highest BCUT2D eigenvalue weighted by Gasteiger charge is 2.51. The van der Waals surface area contributed by atoms with E-state index < -0.39 is 11.7 Å². The molecule has 1 spiro atoms. The lowest BCUT2D eigenvalue weighted by Gasteiger charge is -2.52. The van der Waals surface area contributed by atoms with E-state index in [1.54, 1.807) is 32.4 Å². The van der Waals surface area contributed by atoms with Gasteiger partial charge in [-0.15, -0.1) is 0 Å². The van der Waals surface area contributed by atoms with Crippen LogP contribution >= 0.6 is 0 Å². The molecule has 3 fully saturated rings. The summed E-state index contributed by atoms with van der Waals surface area (Å²) in [4.78, 5) is 16.5. The van der Waals surface area contributed by atoms with Crippen LogP contribution in [0.5, 0.6) is 11.5 Å². The number of nitrogens with two attached hydrogens (primary N) is 1. The molecule has 25 heavy (non-hydrogen) atoms. The summed E-state index contributed by atoms with van der Waals surface area (Å²) in [6.45, 7) is 2.85. The van der Waals surface area contributed by atoms with E-state index in [0.717, 1.165) is 32.5 Å². The summed E-state index contributed by atoms with van der Waals surface area (Å²) < 4.78 is 16.5. The Morgan fingerprint density at radius 3 is 2.28 bits per heavy atom. The molecule has 7 nitrogen and oxygen atoms in total. The molecule has 2 bridgehead atoms. The van der Waals surface area contributed by atoms with Crippen LogP contribution in [-0.2, 0) is 4.74 Å². The van der Waals surface area contributed by atoms with E-state index in [0.29, 0.717) is 28.9 Å². The molecule has 1 atom stereocenters. The number of carbonyl (C=O) groups excluding carboxylic acids is 1. The van der Waals surface area contributed by atoms with E-state index in [-0.39, 0.29) is 0 Å². The fourth-order valence-corrected chi connectivity index (χ4v) is 4.17. The smallest absolute Gasteiger partial charge is 0.421 e. The minimum Gasteiger partial charge on any atom is -0.497 e. The van der Waals surface area contributed by atoms with Crippen molar-refractivity contribution in [1.29, 1.82) is 0 Å². The third-order valence-corrected chi connectivity index (χ3v) is 5.45. The van der Waals surface area contributed by atoms with Gasteiger partial charge in [0.25, 0.3) is 0 Å². The molecular formula is C18H23N3O4. The Kier molecular flexibility index (Phi) is 3.76. The minimum absolute atomic E-state index is 0.335. The second-order valence-corrected chi connectivity index (χ2v) is 6.85. The van der Waals surface area contributed by atoms with E-state index in [1.165, 1.54) is 4.90 Å². The summed E-state index contributed by atoms with van der Waals surface area (Å²) in [5.41, 5.74) is 6.27. The summed E-state index contributed by atoms with van der Waals surface area (Å²) >= 11 is 0. The van der Waals surface area contributed by atoms with Crippen LogP contribution < -0.4 is 20.1 Å². The zero-order valence-corrected chi connectivity index (χ0v) is 14.5. The van der Waals surface area contributed by atoms with Crippen LogP contribution in [0.15, 0.2) is 30.1 Å². The zero-order chi connectivity index (χ0) is 17.6. The van der Waals surface area contributed by atoms with Crippen molar-refractivity contribution < 1.29 is 19.0 Å². The first kappa shape index (κ1) is 16.1. The van der Waals surface area contributed by atoms with Gasteiger partial charge in [0.1, 0.15) is 17.3 Å². The molecule has 0 aromatic heterocycles. The number of rotatable bonds is 3. The normalized spacial score (nSPS) is 30.9. The van der Waals surface area contributed by atoms with Crippen molar-refractivity contribution in [2.24, 2.45) is 11.7 Å². The van der Waals surface area contributed by atoms with Crippen molar-refractivity contribution in [3.63, 3.8) is 0 Å². The van der Waals surface area contributed by atoms with Crippen molar-refractivity contribution in [2.45, 2.75) is 18.4 Å². The summed E-state index contributed by atoms with van der Waals surface area (Å²) in [5, 5.41) is 0. The number of amides is 1. The van der Waals surface area contributed by atoms with E-state index in [1.807, 2.05) is 6.08 Å². The zero-order valence-electron chi connectivity index (χ0n) is 14.5. The van der Waals surface area contributed by atoms with E-state index in [2.05, 4.69) is 4.90 Å². The highest BCUT2D eigenvalue weighted by Crippen LogP contribution is 2.43. The van der Waals surface area contributed by atoms with Crippen molar-refractivity contribution in [1.82, 2.24) is 4.90 Å². The van der Waals surface area contributed by atoms with Gasteiger partial charge in [-0.1, -0.05) is 0 Å². The first-order valence-corrected chi connectivity index (χ1v) is 8.51. The van der Waals surface area contributed by atoms with E-state index >= 15 is 0 Å². The number of piperidine rings is 3. The third-order valence-electron chi connectivity index (χ3n) is 5.45. The van der Waals surface area contributed by atoms with Crippen LogP contribution in [0.1, 0.15) is 12.8 Å². The number of methoxy groups -OCH3 is 2. The summed E-state index contributed by atoms with van der Waals surface area (Å²) in [5.74, 6) is 1.89. The Morgan fingerprint density at radius 1 is 1.16 bits per heavy atom. The van der Waals surface area contributed by atoms with Gasteiger partial charge >= 0.3 is 6.09 Å². The topological polar surface area (TPSA) is 77.3 Å². The lowest BCUT2D eigenvalue weighted by atomic mass is 9.74. The van der Waals surface area contributed by atoms with Crippen LogP contribution in [-0.4, -0.2) is 50.4 Å². The number of hydrogen-bond donors (Lipinski definition) is 1. The lowest BCUT2D eigenvalue weighted by Crippen LogP contribution is -2.63. The molecule has 4 aliphatic heterocycles. The van der Waals surface area contributed by atoms with Crippen molar-refractivity contribution in [3.8, 4) is 11.5 Å². The number of anilines is 1. The van der Waals surface area contributed by atoms with E-state index in [4.69, 9.17) is 19.9 Å². The van der Waals surface area contributed by atoms with Gasteiger partial charge < -0.3 is 19.9 Å². The second kappa shape index (κ2) is 5.84. The Labute approximate surface area is 146 Å². The first-order chi connectivity index (χ1) is 12.0. The van der Waals surface area contributed by atoms with E-state index in [9.17, 15) is 4.79 Å². The van der Waals surface area contributed by atoms with Crippen molar-refractivity contribution in [2.75, 3.05) is 38.8 Å². The summed E-state index contributed by atoms with van der Waals surface area (Å²) in [6.07, 6.45) is 3.52. The van der Waals surface area contributed by atoms with Crippen LogP contribution in [0.25, 0.3) is 0 Å². The Morgan fingerprint density at radius 2 is 1.80 bits per heavy atom. The third kappa shape index (κ3) is 2.59. The number of nitrogens with zero attached hydrogens (tertiary/aromatic N) is 2. The molecule has 134 valence electrons. The van der Waals surface area contributed by atoms with Crippen LogP contribution in [0, 0.1) is 5.92 Å². The van der Waals surface area contributed by atoms with Crippen LogP contribution in [0.3, 0.4) is 0 Å². The maximum absolute atomic E-state index is 12.8. The van der Waals surface area contributed by atoms with Gasteiger partial charge in [0.15, 0.2) is 5.60 Å². The summed E-state index contributed by atoms with van der Waals surface area (Å²) in [7, 11) is 3.13. The molecule has 4 aliphatic rings. The van der Waals surface area contributed by atoms with Crippen LogP contribution in [0.2, 0.25) is 0 Å². The lowest BCUT2D eigenvalue weighted by molar-refractivity contribution is -0.0860. The molecule has 1 aromatic rings. The molecule has 1 aromatic carbocycles. The maximum atomic E-state index is 12.8. The monoisotopic (exact) mass is 345 g/mol. The minimum atomic E-state index is -0.600. The number of hydrogen-bond acceptors (Lipinski definition) is 6. The molecule has 5 rings (SSSR count). The van der Waals surface area contributed by atoms with Gasteiger partial charge in [0, 0.05) is 36.7 Å². The SMILES string of the molecule is COc1cc(OC)cc(N2C(=O)OC3(C=C2N)CN2CCC3CC2)c1. The Hall–Kier alpha value is -2.41. The standard InChI is InChI=1S/C18H23N3O4/c1-23-14-7-13(8-15(9-14)24-2)21-16(19)10-18(25-17(21)22)11-20-5-3-12(18)4-6-20/h7-10,12H,3-6,11,19H2,1-2H3. The molecule has 2 N–H and O–H groups in total. The quantitative estimate of drug-likeness (QED) is 0.902. The predicted octanol–water partition coefficient (Wildman–Crippen LogP) is 1.92. The van der Waals surface area contributed by atoms with Gasteiger partial charge in [-0.05, 0) is 25.9 Å². The molecule has 1 unspecified atom stereocenters. The average molecular weight is 345 g/mol. The Balaban J connectivity index is 1.71. The second-order valence-electron chi connectivity index (χ2n) is 6.85. The van der Waals surface area contributed by atoms with Gasteiger partial charge in [0.2, 0.25) is 0 Å². The molecule has 7 heteroatoms. The number of benzene rings is 1. The van der Waals surface area contributed by atoms with Gasteiger partial charge in [-0.25, -0.2) is 9.69 Å².